The molecule has 0 heterocycles. The van der Waals surface area contributed by atoms with E-state index in [0.717, 1.165) is 12.6 Å². The Morgan fingerprint density at radius 2 is 1.89 bits per heavy atom. The lowest BCUT2D eigenvalue weighted by Crippen LogP contribution is -2.30. The van der Waals surface area contributed by atoms with Crippen LogP contribution in [0.4, 0.5) is 0 Å². The van der Waals surface area contributed by atoms with Gasteiger partial charge in [0, 0.05) is 12.6 Å². The van der Waals surface area contributed by atoms with Crippen molar-refractivity contribution >= 4 is 12.6 Å². The second-order valence-electron chi connectivity index (χ2n) is 5.17. The summed E-state index contributed by atoms with van der Waals surface area (Å²) >= 11 is 0. The second kappa shape index (κ2) is 6.37. The predicted octanol–water partition coefficient (Wildman–Crippen LogP) is 1.13. The molecule has 2 N–H and O–H groups in total. The SMILES string of the molecule is CCCCN(Cc1ccc(B(O)O)cc1)C1CC1. The molecule has 1 aliphatic carbocycles. The maximum atomic E-state index is 9.06. The van der Waals surface area contributed by atoms with Crippen molar-refractivity contribution in [2.24, 2.45) is 0 Å². The molecular weight excluding hydrogens is 225 g/mol. The van der Waals surface area contributed by atoms with E-state index in [2.05, 4.69) is 11.8 Å². The van der Waals surface area contributed by atoms with E-state index in [0.29, 0.717) is 5.46 Å². The van der Waals surface area contributed by atoms with Crippen molar-refractivity contribution in [3.63, 3.8) is 0 Å². The van der Waals surface area contributed by atoms with Gasteiger partial charge in [0.05, 0.1) is 0 Å². The lowest BCUT2D eigenvalue weighted by atomic mass is 9.80. The first-order chi connectivity index (χ1) is 8.70. The van der Waals surface area contributed by atoms with Crippen LogP contribution in [0.5, 0.6) is 0 Å². The molecule has 18 heavy (non-hydrogen) atoms. The molecule has 1 aromatic carbocycles. The Morgan fingerprint density at radius 3 is 2.39 bits per heavy atom. The predicted molar refractivity (Wildman–Crippen MR) is 74.6 cm³/mol. The average Bonchev–Trinajstić information content (AvgIpc) is 3.19. The first-order valence-electron chi connectivity index (χ1n) is 6.89. The lowest BCUT2D eigenvalue weighted by Gasteiger charge is -2.21. The zero-order chi connectivity index (χ0) is 13.0. The highest BCUT2D eigenvalue weighted by Crippen LogP contribution is 2.28. The Labute approximate surface area is 110 Å². The van der Waals surface area contributed by atoms with Gasteiger partial charge in [-0.3, -0.25) is 4.90 Å². The van der Waals surface area contributed by atoms with Crippen molar-refractivity contribution in [2.45, 2.75) is 45.2 Å². The van der Waals surface area contributed by atoms with Gasteiger partial charge in [0.2, 0.25) is 0 Å². The first kappa shape index (κ1) is 13.6. The van der Waals surface area contributed by atoms with Gasteiger partial charge >= 0.3 is 7.12 Å². The number of rotatable bonds is 7. The molecule has 1 aromatic rings. The van der Waals surface area contributed by atoms with E-state index < -0.39 is 7.12 Å². The molecule has 2 rings (SSSR count). The van der Waals surface area contributed by atoms with Gasteiger partial charge in [-0.25, -0.2) is 0 Å². The summed E-state index contributed by atoms with van der Waals surface area (Å²) < 4.78 is 0. The molecule has 0 aromatic heterocycles. The molecule has 0 amide bonds. The summed E-state index contributed by atoms with van der Waals surface area (Å²) in [5, 5.41) is 18.1. The topological polar surface area (TPSA) is 43.7 Å². The summed E-state index contributed by atoms with van der Waals surface area (Å²) in [6, 6.07) is 8.36. The summed E-state index contributed by atoms with van der Waals surface area (Å²) in [7, 11) is -1.36. The highest BCUT2D eigenvalue weighted by Gasteiger charge is 2.28. The molecule has 0 bridgehead atoms. The largest absolute Gasteiger partial charge is 0.488 e. The van der Waals surface area contributed by atoms with E-state index in [9.17, 15) is 0 Å². The summed E-state index contributed by atoms with van der Waals surface area (Å²) in [5.41, 5.74) is 1.81. The molecule has 0 unspecified atom stereocenters. The smallest absolute Gasteiger partial charge is 0.423 e. The van der Waals surface area contributed by atoms with Crippen LogP contribution in [0.15, 0.2) is 24.3 Å². The Hall–Kier alpha value is -0.835. The maximum Gasteiger partial charge on any atom is 0.488 e. The number of hydrogen-bond acceptors (Lipinski definition) is 3. The number of unbranched alkanes of at least 4 members (excludes halogenated alkanes) is 1. The lowest BCUT2D eigenvalue weighted by molar-refractivity contribution is 0.251. The summed E-state index contributed by atoms with van der Waals surface area (Å²) in [5.74, 6) is 0. The normalized spacial score (nSPS) is 15.1. The van der Waals surface area contributed by atoms with Gasteiger partial charge in [-0.15, -0.1) is 0 Å². The molecule has 4 heteroatoms. The van der Waals surface area contributed by atoms with Gasteiger partial charge in [0.25, 0.3) is 0 Å². The Balaban J connectivity index is 1.93. The zero-order valence-electron chi connectivity index (χ0n) is 11.0. The quantitative estimate of drug-likeness (QED) is 0.710. The van der Waals surface area contributed by atoms with E-state index in [1.165, 1.54) is 37.8 Å². The highest BCUT2D eigenvalue weighted by molar-refractivity contribution is 6.58. The highest BCUT2D eigenvalue weighted by atomic mass is 16.4. The minimum Gasteiger partial charge on any atom is -0.423 e. The van der Waals surface area contributed by atoms with E-state index in [4.69, 9.17) is 10.0 Å². The fourth-order valence-corrected chi connectivity index (χ4v) is 2.22. The molecule has 1 aliphatic rings. The number of hydrogen-bond donors (Lipinski definition) is 2. The van der Waals surface area contributed by atoms with Crippen LogP contribution in [-0.4, -0.2) is 34.7 Å². The minimum atomic E-state index is -1.36. The van der Waals surface area contributed by atoms with Gasteiger partial charge in [0.15, 0.2) is 0 Å². The van der Waals surface area contributed by atoms with Crippen molar-refractivity contribution in [1.82, 2.24) is 4.90 Å². The Bertz CT molecular complexity index is 363. The minimum absolute atomic E-state index is 0.560. The monoisotopic (exact) mass is 247 g/mol. The van der Waals surface area contributed by atoms with Crippen molar-refractivity contribution in [3.05, 3.63) is 29.8 Å². The fraction of sp³-hybridized carbons (Fsp3) is 0.571. The molecule has 0 atom stereocenters. The molecule has 3 nitrogen and oxygen atoms in total. The van der Waals surface area contributed by atoms with Crippen LogP contribution in [0.25, 0.3) is 0 Å². The maximum absolute atomic E-state index is 9.06. The number of nitrogens with zero attached hydrogens (tertiary/aromatic N) is 1. The molecule has 1 fully saturated rings. The van der Waals surface area contributed by atoms with Crippen molar-refractivity contribution in [2.75, 3.05) is 6.54 Å². The fourth-order valence-electron chi connectivity index (χ4n) is 2.22. The van der Waals surface area contributed by atoms with Crippen LogP contribution in [0.1, 0.15) is 38.2 Å². The molecule has 98 valence electrons. The van der Waals surface area contributed by atoms with Gasteiger partial charge in [-0.2, -0.15) is 0 Å². The van der Waals surface area contributed by atoms with Crippen molar-refractivity contribution in [3.8, 4) is 0 Å². The van der Waals surface area contributed by atoms with Gasteiger partial charge in [-0.05, 0) is 36.8 Å². The Kier molecular flexibility index (Phi) is 4.81. The molecule has 0 radical (unpaired) electrons. The molecule has 0 aliphatic heterocycles. The average molecular weight is 247 g/mol. The van der Waals surface area contributed by atoms with Gasteiger partial charge < -0.3 is 10.0 Å². The van der Waals surface area contributed by atoms with E-state index in [1.807, 2.05) is 12.1 Å². The standard InChI is InChI=1S/C14H22BNO2/c1-2-3-10-16(14-8-9-14)11-12-4-6-13(7-5-12)15(17)18/h4-7,14,17-18H,2-3,8-11H2,1H3. The molecule has 1 saturated carbocycles. The van der Waals surface area contributed by atoms with Crippen LogP contribution < -0.4 is 5.46 Å². The third kappa shape index (κ3) is 3.84. The third-order valence-corrected chi connectivity index (χ3v) is 3.53. The van der Waals surface area contributed by atoms with Crippen LogP contribution in [0, 0.1) is 0 Å². The Morgan fingerprint density at radius 1 is 1.22 bits per heavy atom. The van der Waals surface area contributed by atoms with E-state index in [1.54, 1.807) is 12.1 Å². The number of benzene rings is 1. The van der Waals surface area contributed by atoms with Crippen LogP contribution in [0.2, 0.25) is 0 Å². The van der Waals surface area contributed by atoms with Crippen LogP contribution in [0.3, 0.4) is 0 Å². The van der Waals surface area contributed by atoms with Crippen molar-refractivity contribution in [1.29, 1.82) is 0 Å². The molecule has 0 saturated heterocycles. The molecule has 0 spiro atoms. The first-order valence-corrected chi connectivity index (χ1v) is 6.89. The second-order valence-corrected chi connectivity index (χ2v) is 5.17. The van der Waals surface area contributed by atoms with Gasteiger partial charge in [0.1, 0.15) is 0 Å². The van der Waals surface area contributed by atoms with E-state index >= 15 is 0 Å². The van der Waals surface area contributed by atoms with Gasteiger partial charge in [-0.1, -0.05) is 37.6 Å². The summed E-state index contributed by atoms with van der Waals surface area (Å²) in [6.07, 6.45) is 5.15. The van der Waals surface area contributed by atoms with E-state index in [-0.39, 0.29) is 0 Å². The van der Waals surface area contributed by atoms with Crippen LogP contribution >= 0.6 is 0 Å². The zero-order valence-corrected chi connectivity index (χ0v) is 11.0. The molecular formula is C14H22BNO2. The summed E-state index contributed by atoms with van der Waals surface area (Å²) in [4.78, 5) is 2.55. The van der Waals surface area contributed by atoms with Crippen LogP contribution in [-0.2, 0) is 6.54 Å². The summed E-state index contributed by atoms with van der Waals surface area (Å²) in [6.45, 7) is 4.38. The third-order valence-electron chi connectivity index (χ3n) is 3.53. The van der Waals surface area contributed by atoms with Crippen molar-refractivity contribution < 1.29 is 10.0 Å².